The molecule has 0 atom stereocenters. The van der Waals surface area contributed by atoms with Crippen LogP contribution in [0.5, 0.6) is 5.75 Å². The van der Waals surface area contributed by atoms with Gasteiger partial charge < -0.3 is 9.64 Å². The summed E-state index contributed by atoms with van der Waals surface area (Å²) >= 11 is 7.24. The van der Waals surface area contributed by atoms with Crippen molar-refractivity contribution >= 4 is 38.6 Å². The molecule has 0 amide bonds. The average molecular weight is 468 g/mol. The van der Waals surface area contributed by atoms with Crippen LogP contribution in [0, 0.1) is 6.92 Å². The van der Waals surface area contributed by atoms with Gasteiger partial charge in [-0.3, -0.25) is 4.90 Å². The van der Waals surface area contributed by atoms with E-state index < -0.39 is 10.0 Å². The highest BCUT2D eigenvalue weighted by atomic mass is 35.5. The lowest BCUT2D eigenvalue weighted by molar-refractivity contribution is 0.155. The second kappa shape index (κ2) is 10.5. The molecule has 2 aromatic carbocycles. The van der Waals surface area contributed by atoms with E-state index in [9.17, 15) is 8.42 Å². The summed E-state index contributed by atoms with van der Waals surface area (Å²) < 4.78 is 35.2. The van der Waals surface area contributed by atoms with Gasteiger partial charge in [0.1, 0.15) is 12.4 Å². The molecule has 0 saturated carbocycles. The van der Waals surface area contributed by atoms with E-state index in [0.29, 0.717) is 16.8 Å². The Morgan fingerprint density at radius 2 is 1.70 bits per heavy atom. The van der Waals surface area contributed by atoms with E-state index >= 15 is 0 Å². The van der Waals surface area contributed by atoms with Crippen molar-refractivity contribution < 1.29 is 13.2 Å². The number of piperazine rings is 1. The maximum atomic E-state index is 12.7. The lowest BCUT2D eigenvalue weighted by Crippen LogP contribution is -2.49. The van der Waals surface area contributed by atoms with Crippen LogP contribution in [-0.4, -0.2) is 69.0 Å². The van der Waals surface area contributed by atoms with E-state index in [1.54, 1.807) is 24.3 Å². The van der Waals surface area contributed by atoms with Crippen molar-refractivity contribution in [3.05, 3.63) is 59.1 Å². The number of thioether (sulfide) groups is 1. The molecular weight excluding hydrogens is 442 g/mol. The maximum absolute atomic E-state index is 12.7. The highest BCUT2D eigenvalue weighted by molar-refractivity contribution is 8.13. The van der Waals surface area contributed by atoms with E-state index in [1.165, 1.54) is 11.8 Å². The Morgan fingerprint density at radius 1 is 1.07 bits per heavy atom. The molecule has 2 aromatic rings. The minimum atomic E-state index is -3.72. The second-order valence-corrected chi connectivity index (χ2v) is 9.81. The van der Waals surface area contributed by atoms with Crippen LogP contribution in [0.1, 0.15) is 5.56 Å². The number of halogens is 1. The number of rotatable bonds is 6. The molecule has 30 heavy (non-hydrogen) atoms. The summed E-state index contributed by atoms with van der Waals surface area (Å²) in [5.41, 5.74) is 1.01. The smallest absolute Gasteiger partial charge is 0.284 e. The fourth-order valence-corrected chi connectivity index (χ4v) is 5.14. The first-order valence-corrected chi connectivity index (χ1v) is 12.7. The fraction of sp³-hybridized carbons (Fsp3) is 0.381. The molecule has 0 bridgehead atoms. The van der Waals surface area contributed by atoms with Crippen molar-refractivity contribution in [1.29, 1.82) is 0 Å². The zero-order valence-corrected chi connectivity index (χ0v) is 19.5. The summed E-state index contributed by atoms with van der Waals surface area (Å²) in [6.45, 7) is 6.43. The molecule has 3 rings (SSSR count). The summed E-state index contributed by atoms with van der Waals surface area (Å²) in [6.07, 6.45) is 1.86. The first kappa shape index (κ1) is 22.9. The summed E-state index contributed by atoms with van der Waals surface area (Å²) in [4.78, 5) is 4.56. The largest absolute Gasteiger partial charge is 0.492 e. The van der Waals surface area contributed by atoms with E-state index in [0.717, 1.165) is 44.0 Å². The van der Waals surface area contributed by atoms with Crippen LogP contribution in [0.25, 0.3) is 0 Å². The Morgan fingerprint density at radius 3 is 2.30 bits per heavy atom. The van der Waals surface area contributed by atoms with Gasteiger partial charge in [-0.1, -0.05) is 41.1 Å². The van der Waals surface area contributed by atoms with E-state index in [2.05, 4.69) is 9.30 Å². The number of ether oxygens (including phenoxy) is 1. The van der Waals surface area contributed by atoms with E-state index in [1.807, 2.05) is 42.3 Å². The Bertz CT molecular complexity index is 956. The molecule has 1 aliphatic heterocycles. The Kier molecular flexibility index (Phi) is 8.05. The number of aryl methyl sites for hydroxylation is 1. The first-order chi connectivity index (χ1) is 14.4. The maximum Gasteiger partial charge on any atom is 0.284 e. The highest BCUT2D eigenvalue weighted by Gasteiger charge is 2.22. The normalized spacial score (nSPS) is 16.0. The number of sulfonamides is 1. The number of benzene rings is 2. The molecule has 0 N–H and O–H groups in total. The van der Waals surface area contributed by atoms with Gasteiger partial charge in [0, 0.05) is 37.7 Å². The van der Waals surface area contributed by atoms with Gasteiger partial charge in [0.05, 0.1) is 4.90 Å². The SMILES string of the molecule is CS/C(=N\S(=O)(=O)c1ccc(C)cc1)N1CCN(CCOc2ccc(Cl)cc2)CC1. The average Bonchev–Trinajstić information content (AvgIpc) is 2.74. The number of hydrogen-bond acceptors (Lipinski definition) is 5. The minimum absolute atomic E-state index is 0.220. The number of nitrogens with zero attached hydrogens (tertiary/aromatic N) is 3. The minimum Gasteiger partial charge on any atom is -0.492 e. The van der Waals surface area contributed by atoms with Crippen molar-refractivity contribution in [1.82, 2.24) is 9.80 Å². The first-order valence-electron chi connectivity index (χ1n) is 9.69. The second-order valence-electron chi connectivity index (χ2n) is 7.00. The molecule has 0 aliphatic carbocycles. The van der Waals surface area contributed by atoms with Crippen molar-refractivity contribution in [2.24, 2.45) is 4.40 Å². The van der Waals surface area contributed by atoms with Crippen molar-refractivity contribution in [3.8, 4) is 5.75 Å². The molecule has 1 fully saturated rings. The zero-order valence-electron chi connectivity index (χ0n) is 17.1. The van der Waals surface area contributed by atoms with Crippen LogP contribution < -0.4 is 4.74 Å². The lowest BCUT2D eigenvalue weighted by atomic mass is 10.2. The predicted octanol–water partition coefficient (Wildman–Crippen LogP) is 3.75. The lowest BCUT2D eigenvalue weighted by Gasteiger charge is -2.35. The number of hydrogen-bond donors (Lipinski definition) is 0. The molecule has 1 aliphatic rings. The molecule has 0 spiro atoms. The van der Waals surface area contributed by atoms with Crippen LogP contribution in [0.15, 0.2) is 57.8 Å². The quantitative estimate of drug-likeness (QED) is 0.476. The van der Waals surface area contributed by atoms with Gasteiger partial charge in [0.25, 0.3) is 10.0 Å². The van der Waals surface area contributed by atoms with Gasteiger partial charge >= 0.3 is 0 Å². The molecule has 0 radical (unpaired) electrons. The van der Waals surface area contributed by atoms with Crippen LogP contribution >= 0.6 is 23.4 Å². The topological polar surface area (TPSA) is 62.2 Å². The van der Waals surface area contributed by atoms with E-state index in [-0.39, 0.29) is 4.90 Å². The molecule has 6 nitrogen and oxygen atoms in total. The molecule has 0 unspecified atom stereocenters. The van der Waals surface area contributed by atoms with Crippen LogP contribution in [0.3, 0.4) is 0 Å². The third-order valence-electron chi connectivity index (χ3n) is 4.83. The summed E-state index contributed by atoms with van der Waals surface area (Å²) in [7, 11) is -3.72. The monoisotopic (exact) mass is 467 g/mol. The van der Waals surface area contributed by atoms with E-state index in [4.69, 9.17) is 16.3 Å². The van der Waals surface area contributed by atoms with Gasteiger partial charge in [0.15, 0.2) is 5.17 Å². The Balaban J connectivity index is 1.52. The van der Waals surface area contributed by atoms with Crippen LogP contribution in [0.4, 0.5) is 0 Å². The Hall–Kier alpha value is -1.74. The van der Waals surface area contributed by atoms with Crippen molar-refractivity contribution in [2.45, 2.75) is 11.8 Å². The third-order valence-corrected chi connectivity index (χ3v) is 7.20. The van der Waals surface area contributed by atoms with Gasteiger partial charge in [-0.2, -0.15) is 8.42 Å². The third kappa shape index (κ3) is 6.38. The summed E-state index contributed by atoms with van der Waals surface area (Å²) in [6, 6.07) is 14.1. The molecule has 1 heterocycles. The molecule has 1 saturated heterocycles. The molecule has 9 heteroatoms. The number of amidine groups is 1. The predicted molar refractivity (Wildman–Crippen MR) is 124 cm³/mol. The van der Waals surface area contributed by atoms with Gasteiger partial charge in [-0.25, -0.2) is 0 Å². The van der Waals surface area contributed by atoms with Gasteiger partial charge in [0.2, 0.25) is 0 Å². The zero-order chi connectivity index (χ0) is 21.6. The van der Waals surface area contributed by atoms with Crippen LogP contribution in [0.2, 0.25) is 5.02 Å². The van der Waals surface area contributed by atoms with Gasteiger partial charge in [-0.15, -0.1) is 4.40 Å². The highest BCUT2D eigenvalue weighted by Crippen LogP contribution is 2.18. The summed E-state index contributed by atoms with van der Waals surface area (Å²) in [5, 5.41) is 1.22. The molecular formula is C21H26ClN3O3S2. The fourth-order valence-electron chi connectivity index (χ4n) is 3.08. The standard InChI is InChI=1S/C21H26ClN3O3S2/c1-17-3-9-20(10-4-17)30(26,27)23-21(29-2)25-13-11-24(12-14-25)15-16-28-19-7-5-18(22)6-8-19/h3-10H,11-16H2,1-2H3/b23-21-. The van der Waals surface area contributed by atoms with Gasteiger partial charge in [-0.05, 0) is 49.6 Å². The Labute approximate surface area is 187 Å². The van der Waals surface area contributed by atoms with Crippen molar-refractivity contribution in [3.63, 3.8) is 0 Å². The summed E-state index contributed by atoms with van der Waals surface area (Å²) in [5.74, 6) is 0.802. The molecule has 0 aromatic heterocycles. The van der Waals surface area contributed by atoms with Crippen molar-refractivity contribution in [2.75, 3.05) is 45.6 Å². The van der Waals surface area contributed by atoms with Crippen LogP contribution in [-0.2, 0) is 10.0 Å². The molecule has 162 valence electrons.